The summed E-state index contributed by atoms with van der Waals surface area (Å²) in [4.78, 5) is 1.64. The molecule has 1 heterocycles. The van der Waals surface area contributed by atoms with Gasteiger partial charge < -0.3 is 15.4 Å². The highest BCUT2D eigenvalue weighted by Gasteiger charge is 2.58. The van der Waals surface area contributed by atoms with Gasteiger partial charge >= 0.3 is 6.18 Å². The Labute approximate surface area is 110 Å². The van der Waals surface area contributed by atoms with Crippen LogP contribution in [0.2, 0.25) is 0 Å². The van der Waals surface area contributed by atoms with E-state index in [1.165, 1.54) is 12.1 Å². The molecular formula is C13H17F3N2O. The van der Waals surface area contributed by atoms with Crippen LogP contribution in [-0.4, -0.2) is 36.8 Å². The Balaban J connectivity index is 2.32. The van der Waals surface area contributed by atoms with Crippen LogP contribution in [0.3, 0.4) is 0 Å². The van der Waals surface area contributed by atoms with Gasteiger partial charge in [0.05, 0.1) is 5.69 Å². The van der Waals surface area contributed by atoms with Crippen LogP contribution in [0, 0.1) is 0 Å². The Kier molecular flexibility index (Phi) is 3.62. The van der Waals surface area contributed by atoms with E-state index < -0.39 is 11.8 Å². The van der Waals surface area contributed by atoms with Crippen LogP contribution in [0.25, 0.3) is 0 Å². The van der Waals surface area contributed by atoms with Crippen LogP contribution >= 0.6 is 0 Å². The third-order valence-corrected chi connectivity index (χ3v) is 3.39. The number of likely N-dealkylation sites (tertiary alicyclic amines) is 1. The second-order valence-electron chi connectivity index (χ2n) is 4.97. The topological polar surface area (TPSA) is 38.5 Å². The molecule has 19 heavy (non-hydrogen) atoms. The van der Waals surface area contributed by atoms with Crippen molar-refractivity contribution in [2.24, 2.45) is 0 Å². The number of para-hydroxylation sites is 2. The van der Waals surface area contributed by atoms with Gasteiger partial charge in [-0.05, 0) is 38.6 Å². The van der Waals surface area contributed by atoms with Gasteiger partial charge in [0, 0.05) is 6.54 Å². The Bertz CT molecular complexity index is 450. The number of ether oxygens (including phenoxy) is 1. The number of piperidine rings is 1. The maximum absolute atomic E-state index is 13.4. The number of nitrogens with two attached hydrogens (primary N) is 1. The van der Waals surface area contributed by atoms with Gasteiger partial charge in [-0.1, -0.05) is 12.1 Å². The maximum Gasteiger partial charge on any atom is 0.429 e. The van der Waals surface area contributed by atoms with Gasteiger partial charge in [0.15, 0.2) is 0 Å². The number of alkyl halides is 3. The highest BCUT2D eigenvalue weighted by molar-refractivity contribution is 5.52. The number of hydrogen-bond acceptors (Lipinski definition) is 3. The van der Waals surface area contributed by atoms with E-state index in [9.17, 15) is 13.2 Å². The molecule has 0 aromatic heterocycles. The van der Waals surface area contributed by atoms with Crippen LogP contribution in [-0.2, 0) is 0 Å². The highest BCUT2D eigenvalue weighted by atomic mass is 19.4. The lowest BCUT2D eigenvalue weighted by atomic mass is 9.92. The van der Waals surface area contributed by atoms with E-state index in [1.807, 2.05) is 0 Å². The minimum atomic E-state index is -4.43. The molecule has 1 atom stereocenters. The molecule has 0 radical (unpaired) electrons. The molecule has 2 N–H and O–H groups in total. The molecule has 1 unspecified atom stereocenters. The standard InChI is InChI=1S/C13H17F3N2O/c1-18-8-4-7-12(9-18,13(14,15)16)19-11-6-3-2-5-10(11)17/h2-3,5-6H,4,7-9,17H2,1H3. The zero-order valence-electron chi connectivity index (χ0n) is 10.7. The lowest BCUT2D eigenvalue weighted by Gasteiger charge is -2.42. The number of likely N-dealkylation sites (N-methyl/N-ethyl adjacent to an activating group) is 1. The molecule has 1 aliphatic rings. The van der Waals surface area contributed by atoms with Crippen LogP contribution < -0.4 is 10.5 Å². The normalized spacial score (nSPS) is 25.3. The van der Waals surface area contributed by atoms with E-state index in [-0.39, 0.29) is 24.4 Å². The largest absolute Gasteiger partial charge is 0.474 e. The monoisotopic (exact) mass is 274 g/mol. The van der Waals surface area contributed by atoms with Crippen molar-refractivity contribution in [3.63, 3.8) is 0 Å². The molecule has 106 valence electrons. The van der Waals surface area contributed by atoms with Crippen molar-refractivity contribution >= 4 is 5.69 Å². The molecule has 1 aliphatic heterocycles. The first-order valence-corrected chi connectivity index (χ1v) is 6.13. The second kappa shape index (κ2) is 4.92. The summed E-state index contributed by atoms with van der Waals surface area (Å²) in [6.07, 6.45) is -4.03. The zero-order chi connectivity index (χ0) is 14.1. The Morgan fingerprint density at radius 3 is 2.58 bits per heavy atom. The minimum Gasteiger partial charge on any atom is -0.474 e. The minimum absolute atomic E-state index is 0.0465. The van der Waals surface area contributed by atoms with Crippen LogP contribution in [0.5, 0.6) is 5.75 Å². The highest BCUT2D eigenvalue weighted by Crippen LogP contribution is 2.41. The SMILES string of the molecule is CN1CCCC(Oc2ccccc2N)(C(F)(F)F)C1. The Hall–Kier alpha value is -1.43. The van der Waals surface area contributed by atoms with Crippen molar-refractivity contribution in [1.29, 1.82) is 0 Å². The molecule has 0 bridgehead atoms. The van der Waals surface area contributed by atoms with Crippen molar-refractivity contribution in [1.82, 2.24) is 4.90 Å². The summed E-state index contributed by atoms with van der Waals surface area (Å²) >= 11 is 0. The maximum atomic E-state index is 13.4. The fourth-order valence-electron chi connectivity index (χ4n) is 2.39. The van der Waals surface area contributed by atoms with Crippen molar-refractivity contribution in [3.8, 4) is 5.75 Å². The van der Waals surface area contributed by atoms with Crippen molar-refractivity contribution in [2.75, 3.05) is 25.9 Å². The number of nitrogen functional groups attached to an aromatic ring is 1. The summed E-state index contributed by atoms with van der Waals surface area (Å²) in [6.45, 7) is 0.469. The first kappa shape index (κ1) is 14.0. The lowest BCUT2D eigenvalue weighted by Crippen LogP contribution is -2.59. The van der Waals surface area contributed by atoms with Crippen molar-refractivity contribution < 1.29 is 17.9 Å². The predicted octanol–water partition coefficient (Wildman–Crippen LogP) is 2.67. The number of anilines is 1. The summed E-state index contributed by atoms with van der Waals surface area (Å²) in [5.74, 6) is 0.0927. The van der Waals surface area contributed by atoms with Crippen LogP contribution in [0.1, 0.15) is 12.8 Å². The number of hydrogen-bond donors (Lipinski definition) is 1. The molecule has 1 fully saturated rings. The average Bonchev–Trinajstić information content (AvgIpc) is 2.31. The molecule has 1 aromatic carbocycles. The van der Waals surface area contributed by atoms with Gasteiger partial charge in [-0.25, -0.2) is 0 Å². The summed E-state index contributed by atoms with van der Waals surface area (Å²) in [7, 11) is 1.66. The third-order valence-electron chi connectivity index (χ3n) is 3.39. The summed E-state index contributed by atoms with van der Waals surface area (Å²) in [5.41, 5.74) is 3.72. The first-order valence-electron chi connectivity index (χ1n) is 6.13. The molecular weight excluding hydrogens is 257 g/mol. The van der Waals surface area contributed by atoms with Gasteiger partial charge in [0.1, 0.15) is 5.75 Å². The average molecular weight is 274 g/mol. The van der Waals surface area contributed by atoms with Crippen molar-refractivity contribution in [2.45, 2.75) is 24.6 Å². The third kappa shape index (κ3) is 2.78. The Morgan fingerprint density at radius 1 is 1.32 bits per heavy atom. The fourth-order valence-corrected chi connectivity index (χ4v) is 2.39. The van der Waals surface area contributed by atoms with Gasteiger partial charge in [-0.3, -0.25) is 0 Å². The van der Waals surface area contributed by atoms with Crippen molar-refractivity contribution in [3.05, 3.63) is 24.3 Å². The first-order chi connectivity index (χ1) is 8.84. The number of halogens is 3. The molecule has 6 heteroatoms. The quantitative estimate of drug-likeness (QED) is 0.843. The number of rotatable bonds is 2. The van der Waals surface area contributed by atoms with E-state index in [2.05, 4.69) is 0 Å². The predicted molar refractivity (Wildman–Crippen MR) is 67.0 cm³/mol. The second-order valence-corrected chi connectivity index (χ2v) is 4.97. The van der Waals surface area contributed by atoms with E-state index in [4.69, 9.17) is 10.5 Å². The van der Waals surface area contributed by atoms with E-state index in [0.717, 1.165) is 0 Å². The molecule has 0 amide bonds. The molecule has 2 rings (SSSR count). The smallest absolute Gasteiger partial charge is 0.429 e. The number of nitrogens with zero attached hydrogens (tertiary/aromatic N) is 1. The van der Waals surface area contributed by atoms with E-state index in [0.29, 0.717) is 13.0 Å². The molecule has 0 saturated carbocycles. The van der Waals surface area contributed by atoms with Crippen LogP contribution in [0.4, 0.5) is 18.9 Å². The summed E-state index contributed by atoms with van der Waals surface area (Å²) in [6, 6.07) is 6.28. The zero-order valence-corrected chi connectivity index (χ0v) is 10.7. The summed E-state index contributed by atoms with van der Waals surface area (Å²) < 4.78 is 45.5. The molecule has 1 saturated heterocycles. The Morgan fingerprint density at radius 2 is 2.00 bits per heavy atom. The molecule has 1 aromatic rings. The fraction of sp³-hybridized carbons (Fsp3) is 0.538. The van der Waals surface area contributed by atoms with Gasteiger partial charge in [0.2, 0.25) is 5.60 Å². The van der Waals surface area contributed by atoms with E-state index in [1.54, 1.807) is 24.1 Å². The van der Waals surface area contributed by atoms with Crippen LogP contribution in [0.15, 0.2) is 24.3 Å². The molecule has 0 spiro atoms. The van der Waals surface area contributed by atoms with Gasteiger partial charge in [-0.2, -0.15) is 13.2 Å². The lowest BCUT2D eigenvalue weighted by molar-refractivity contribution is -0.261. The number of benzene rings is 1. The molecule has 3 nitrogen and oxygen atoms in total. The van der Waals surface area contributed by atoms with Gasteiger partial charge in [0.25, 0.3) is 0 Å². The molecule has 0 aliphatic carbocycles. The summed E-state index contributed by atoms with van der Waals surface area (Å²) in [5, 5.41) is 0. The van der Waals surface area contributed by atoms with Gasteiger partial charge in [-0.15, -0.1) is 0 Å². The van der Waals surface area contributed by atoms with E-state index >= 15 is 0 Å².